The van der Waals surface area contributed by atoms with Gasteiger partial charge in [-0.2, -0.15) is 0 Å². The Kier molecular flexibility index (Phi) is 7.50. The quantitative estimate of drug-likeness (QED) is 0.431. The van der Waals surface area contributed by atoms with Gasteiger partial charge in [0.1, 0.15) is 11.5 Å². The Morgan fingerprint density at radius 2 is 2.07 bits per heavy atom. The molecule has 2 heterocycles. The van der Waals surface area contributed by atoms with Crippen LogP contribution in [0, 0.1) is 5.92 Å². The van der Waals surface area contributed by atoms with Crippen molar-refractivity contribution in [2.24, 2.45) is 5.92 Å². The number of amides is 1. The lowest BCUT2D eigenvalue weighted by Gasteiger charge is -2.27. The number of aryl methyl sites for hydroxylation is 1. The molecule has 0 aliphatic carbocycles. The summed E-state index contributed by atoms with van der Waals surface area (Å²) in [5.41, 5.74) is 2.09. The van der Waals surface area contributed by atoms with E-state index < -0.39 is 23.8 Å². The zero-order valence-corrected chi connectivity index (χ0v) is 18.4. The van der Waals surface area contributed by atoms with E-state index >= 15 is 0 Å². The highest BCUT2D eigenvalue weighted by Gasteiger charge is 2.33. The zero-order chi connectivity index (χ0) is 21.7. The van der Waals surface area contributed by atoms with Crippen molar-refractivity contribution in [3.05, 3.63) is 29.3 Å². The number of ether oxygens (including phenoxy) is 4. The number of methoxy groups -OCH3 is 1. The molecule has 7 heteroatoms. The molecule has 1 N–H and O–H groups in total. The second kappa shape index (κ2) is 9.90. The topological polar surface area (TPSA) is 83.1 Å². The lowest BCUT2D eigenvalue weighted by Crippen LogP contribution is -2.35. The fourth-order valence-electron chi connectivity index (χ4n) is 3.70. The first-order valence-electron chi connectivity index (χ1n) is 10.7. The fourth-order valence-corrected chi connectivity index (χ4v) is 3.70. The predicted octanol–water partition coefficient (Wildman–Crippen LogP) is 3.59. The second-order valence-electron chi connectivity index (χ2n) is 8.91. The summed E-state index contributed by atoms with van der Waals surface area (Å²) in [4.78, 5) is 25.1. The van der Waals surface area contributed by atoms with Crippen LogP contribution < -0.4 is 5.32 Å². The molecule has 1 aromatic rings. The summed E-state index contributed by atoms with van der Waals surface area (Å²) in [6.07, 6.45) is 3.94. The summed E-state index contributed by atoms with van der Waals surface area (Å²) in [5.74, 6) is -1.61. The van der Waals surface area contributed by atoms with E-state index in [9.17, 15) is 9.59 Å². The zero-order valence-electron chi connectivity index (χ0n) is 18.4. The molecular weight excluding hydrogens is 386 g/mol. The first-order valence-corrected chi connectivity index (χ1v) is 10.7. The van der Waals surface area contributed by atoms with E-state index in [1.54, 1.807) is 27.9 Å². The summed E-state index contributed by atoms with van der Waals surface area (Å²) < 4.78 is 22.5. The van der Waals surface area contributed by atoms with Crippen molar-refractivity contribution in [1.29, 1.82) is 0 Å². The number of rotatable bonds is 6. The van der Waals surface area contributed by atoms with Gasteiger partial charge in [-0.3, -0.25) is 9.59 Å². The highest BCUT2D eigenvalue weighted by molar-refractivity contribution is 6.05. The van der Waals surface area contributed by atoms with Gasteiger partial charge in [0.15, 0.2) is 12.6 Å². The van der Waals surface area contributed by atoms with E-state index in [-0.39, 0.29) is 12.2 Å². The minimum atomic E-state index is -0.807. The van der Waals surface area contributed by atoms with Gasteiger partial charge in [-0.25, -0.2) is 0 Å². The molecule has 2 aliphatic rings. The van der Waals surface area contributed by atoms with Crippen LogP contribution in [0.5, 0.6) is 0 Å². The summed E-state index contributed by atoms with van der Waals surface area (Å²) in [6, 6.07) is 5.93. The molecule has 1 aromatic carbocycles. The highest BCUT2D eigenvalue weighted by Crippen LogP contribution is 2.28. The molecule has 2 aliphatic heterocycles. The molecule has 30 heavy (non-hydrogen) atoms. The maximum absolute atomic E-state index is 12.7. The highest BCUT2D eigenvalue weighted by atomic mass is 16.8. The molecule has 3 unspecified atom stereocenters. The smallest absolute Gasteiger partial charge is 0.319 e. The van der Waals surface area contributed by atoms with Gasteiger partial charge in [-0.05, 0) is 70.1 Å². The van der Waals surface area contributed by atoms with Crippen LogP contribution in [0.1, 0.15) is 57.6 Å². The van der Waals surface area contributed by atoms with Crippen LogP contribution in [0.2, 0.25) is 0 Å². The third-order valence-corrected chi connectivity index (χ3v) is 5.25. The molecular formula is C23H33NO6. The number of fused-ring (bicyclic) bond motifs is 1. The van der Waals surface area contributed by atoms with E-state index in [1.165, 1.54) is 0 Å². The molecule has 0 aromatic heterocycles. The minimum Gasteiger partial charge on any atom is -0.459 e. The van der Waals surface area contributed by atoms with Crippen LogP contribution in [0.15, 0.2) is 18.2 Å². The van der Waals surface area contributed by atoms with Gasteiger partial charge in [0.05, 0.1) is 0 Å². The van der Waals surface area contributed by atoms with E-state index in [0.717, 1.165) is 36.1 Å². The maximum atomic E-state index is 12.7. The van der Waals surface area contributed by atoms with Gasteiger partial charge in [-0.15, -0.1) is 0 Å². The van der Waals surface area contributed by atoms with Crippen molar-refractivity contribution >= 4 is 17.6 Å². The maximum Gasteiger partial charge on any atom is 0.319 e. The number of carbonyl (C=O) groups excluding carboxylic acids is 2. The Morgan fingerprint density at radius 1 is 1.27 bits per heavy atom. The van der Waals surface area contributed by atoms with Crippen molar-refractivity contribution < 1.29 is 28.5 Å². The molecule has 7 nitrogen and oxygen atoms in total. The predicted molar refractivity (Wildman–Crippen MR) is 112 cm³/mol. The van der Waals surface area contributed by atoms with Crippen LogP contribution in [0.3, 0.4) is 0 Å². The number of carbonyl (C=O) groups is 2. The third-order valence-electron chi connectivity index (χ3n) is 5.25. The third kappa shape index (κ3) is 6.27. The van der Waals surface area contributed by atoms with Gasteiger partial charge in [0.25, 0.3) is 0 Å². The van der Waals surface area contributed by atoms with Gasteiger partial charge in [0, 0.05) is 25.8 Å². The van der Waals surface area contributed by atoms with Crippen molar-refractivity contribution in [3.8, 4) is 0 Å². The van der Waals surface area contributed by atoms with Gasteiger partial charge < -0.3 is 24.3 Å². The average Bonchev–Trinajstić information content (AvgIpc) is 2.84. The Labute approximate surface area is 178 Å². The Balaban J connectivity index is 1.65. The first-order chi connectivity index (χ1) is 14.2. The monoisotopic (exact) mass is 419 g/mol. The molecule has 1 amide bonds. The van der Waals surface area contributed by atoms with E-state index in [0.29, 0.717) is 25.9 Å². The number of hydrogen-bond acceptors (Lipinski definition) is 6. The number of hydrogen-bond donors (Lipinski definition) is 1. The molecule has 0 saturated carbocycles. The number of anilines is 1. The fraction of sp³-hybridized carbons (Fsp3) is 0.652. The largest absolute Gasteiger partial charge is 0.459 e. The Morgan fingerprint density at radius 3 is 2.73 bits per heavy atom. The van der Waals surface area contributed by atoms with Crippen LogP contribution in [0.4, 0.5) is 5.69 Å². The summed E-state index contributed by atoms with van der Waals surface area (Å²) in [5, 5.41) is 2.91. The molecule has 166 valence electrons. The lowest BCUT2D eigenvalue weighted by molar-refractivity contribution is -0.247. The molecule has 3 atom stereocenters. The van der Waals surface area contributed by atoms with Crippen LogP contribution >= 0.6 is 0 Å². The molecule has 3 rings (SSSR count). The first kappa shape index (κ1) is 22.7. The standard InChI is InChI=1S/C23H33NO6/c1-23(2,3)30-22(26)17-11-10-16-9-8-15(13-18(16)24-21(17)25)14-20(27-4)29-19-7-5-6-12-28-19/h8-9,13,17,19-20H,5-7,10-12,14H2,1-4H3,(H,24,25). The van der Waals surface area contributed by atoms with Crippen molar-refractivity contribution in [3.63, 3.8) is 0 Å². The van der Waals surface area contributed by atoms with Gasteiger partial charge in [-0.1, -0.05) is 12.1 Å². The normalized spacial score (nSPS) is 23.1. The van der Waals surface area contributed by atoms with Crippen molar-refractivity contribution in [2.45, 2.75) is 77.5 Å². The molecule has 0 radical (unpaired) electrons. The average molecular weight is 420 g/mol. The van der Waals surface area contributed by atoms with Crippen LogP contribution in [-0.2, 0) is 41.4 Å². The molecule has 1 saturated heterocycles. The van der Waals surface area contributed by atoms with E-state index in [4.69, 9.17) is 18.9 Å². The van der Waals surface area contributed by atoms with Crippen molar-refractivity contribution in [2.75, 3.05) is 19.0 Å². The second-order valence-corrected chi connectivity index (χ2v) is 8.91. The van der Waals surface area contributed by atoms with E-state index in [2.05, 4.69) is 5.32 Å². The minimum absolute atomic E-state index is 0.237. The Bertz CT molecular complexity index is 751. The number of esters is 1. The van der Waals surface area contributed by atoms with Gasteiger partial charge >= 0.3 is 5.97 Å². The molecule has 0 spiro atoms. The number of benzene rings is 1. The van der Waals surface area contributed by atoms with Crippen LogP contribution in [0.25, 0.3) is 0 Å². The Hall–Kier alpha value is -1.96. The summed E-state index contributed by atoms with van der Waals surface area (Å²) >= 11 is 0. The molecule has 1 fully saturated rings. The lowest BCUT2D eigenvalue weighted by atomic mass is 9.99. The van der Waals surface area contributed by atoms with E-state index in [1.807, 2.05) is 18.2 Å². The SMILES string of the molecule is COC(Cc1ccc2c(c1)NC(=O)C(C(=O)OC(C)(C)C)CC2)OC1CCCCO1. The molecule has 0 bridgehead atoms. The summed E-state index contributed by atoms with van der Waals surface area (Å²) in [7, 11) is 1.62. The van der Waals surface area contributed by atoms with Crippen molar-refractivity contribution in [1.82, 2.24) is 0 Å². The number of nitrogens with one attached hydrogen (secondary N) is 1. The summed E-state index contributed by atoms with van der Waals surface area (Å²) in [6.45, 7) is 6.11. The van der Waals surface area contributed by atoms with Crippen LogP contribution in [-0.4, -0.2) is 43.8 Å². The van der Waals surface area contributed by atoms with Gasteiger partial charge in [0.2, 0.25) is 5.91 Å².